The van der Waals surface area contributed by atoms with Crippen molar-refractivity contribution in [2.45, 2.75) is 13.3 Å². The van der Waals surface area contributed by atoms with Crippen LogP contribution in [-0.2, 0) is 6.42 Å². The molecule has 5 rings (SSSR count). The smallest absolute Gasteiger partial charge is 0.255 e. The highest BCUT2D eigenvalue weighted by Gasteiger charge is 2.14. The normalized spacial score (nSPS) is 11.1. The molecule has 1 aromatic heterocycles. The number of hydrogen-bond donors (Lipinski definition) is 2. The minimum Gasteiger partial charge on any atom is -0.322 e. The lowest BCUT2D eigenvalue weighted by Crippen LogP contribution is -2.14. The van der Waals surface area contributed by atoms with E-state index in [-0.39, 0.29) is 11.7 Å². The highest BCUT2D eigenvalue weighted by atomic mass is 16.1. The summed E-state index contributed by atoms with van der Waals surface area (Å²) in [5.74, 6) is -0.315. The van der Waals surface area contributed by atoms with Crippen LogP contribution in [-0.4, -0.2) is 21.9 Å². The second kappa shape index (κ2) is 10.2. The van der Waals surface area contributed by atoms with Crippen LogP contribution >= 0.6 is 0 Å². The zero-order valence-corrected chi connectivity index (χ0v) is 19.9. The van der Waals surface area contributed by atoms with Crippen molar-refractivity contribution in [2.75, 3.05) is 5.32 Å². The van der Waals surface area contributed by atoms with Gasteiger partial charge in [-0.3, -0.25) is 14.7 Å². The molecule has 0 fully saturated rings. The Morgan fingerprint density at radius 2 is 1.61 bits per heavy atom. The Hall–Kier alpha value is -4.77. The molecule has 0 spiro atoms. The molecule has 0 aliphatic heterocycles. The monoisotopic (exact) mass is 471 g/mol. The fourth-order valence-electron chi connectivity index (χ4n) is 4.20. The quantitative estimate of drug-likeness (QED) is 0.257. The molecule has 2 N–H and O–H groups in total. The van der Waals surface area contributed by atoms with Crippen molar-refractivity contribution in [1.82, 2.24) is 10.2 Å². The van der Waals surface area contributed by atoms with Gasteiger partial charge in [0, 0.05) is 27.8 Å². The van der Waals surface area contributed by atoms with Gasteiger partial charge in [0.05, 0.1) is 11.2 Å². The molecule has 0 radical (unpaired) electrons. The Balaban J connectivity index is 1.35. The summed E-state index contributed by atoms with van der Waals surface area (Å²) in [4.78, 5) is 26.1. The summed E-state index contributed by atoms with van der Waals surface area (Å²) < 4.78 is 0. The number of fused-ring (bicyclic) bond motifs is 1. The predicted molar refractivity (Wildman–Crippen MR) is 145 cm³/mol. The fourth-order valence-corrected chi connectivity index (χ4v) is 4.20. The van der Waals surface area contributed by atoms with Crippen LogP contribution in [0.5, 0.6) is 0 Å². The van der Waals surface area contributed by atoms with Crippen molar-refractivity contribution < 1.29 is 9.59 Å². The molecule has 36 heavy (non-hydrogen) atoms. The Labute approximate surface area is 209 Å². The number of ketones is 1. The molecule has 0 atom stereocenters. The van der Waals surface area contributed by atoms with E-state index in [0.29, 0.717) is 22.4 Å². The summed E-state index contributed by atoms with van der Waals surface area (Å²) >= 11 is 0. The number of amides is 1. The van der Waals surface area contributed by atoms with Crippen LogP contribution in [0.15, 0.2) is 97.1 Å². The van der Waals surface area contributed by atoms with E-state index in [1.54, 1.807) is 24.3 Å². The van der Waals surface area contributed by atoms with Crippen molar-refractivity contribution >= 4 is 40.4 Å². The van der Waals surface area contributed by atoms with E-state index < -0.39 is 0 Å². The molecule has 0 bridgehead atoms. The topological polar surface area (TPSA) is 74.8 Å². The third-order valence-corrected chi connectivity index (χ3v) is 6.11. The lowest BCUT2D eigenvalue weighted by molar-refractivity contribution is 0.102. The minimum absolute atomic E-state index is 0.127. The molecule has 1 amide bonds. The van der Waals surface area contributed by atoms with E-state index in [9.17, 15) is 9.59 Å². The summed E-state index contributed by atoms with van der Waals surface area (Å²) in [6.45, 7) is 2.02. The summed E-state index contributed by atoms with van der Waals surface area (Å²) in [6, 6.07) is 30.1. The highest BCUT2D eigenvalue weighted by Crippen LogP contribution is 2.23. The molecule has 0 saturated carbocycles. The first kappa shape index (κ1) is 23.0. The van der Waals surface area contributed by atoms with E-state index in [1.165, 1.54) is 0 Å². The third-order valence-electron chi connectivity index (χ3n) is 6.11. The molecule has 176 valence electrons. The van der Waals surface area contributed by atoms with E-state index in [4.69, 9.17) is 0 Å². The average molecular weight is 472 g/mol. The van der Waals surface area contributed by atoms with Gasteiger partial charge < -0.3 is 5.32 Å². The van der Waals surface area contributed by atoms with Gasteiger partial charge in [0.1, 0.15) is 0 Å². The van der Waals surface area contributed by atoms with Crippen molar-refractivity contribution in [3.05, 3.63) is 131 Å². The molecular weight excluding hydrogens is 446 g/mol. The number of aromatic amines is 1. The number of rotatable bonds is 7. The number of aromatic nitrogens is 2. The lowest BCUT2D eigenvalue weighted by Gasteiger charge is -2.10. The number of nitrogens with one attached hydrogen (secondary N) is 2. The van der Waals surface area contributed by atoms with Crippen molar-refractivity contribution in [3.8, 4) is 0 Å². The molecule has 0 aliphatic rings. The molecule has 0 unspecified atom stereocenters. The van der Waals surface area contributed by atoms with Gasteiger partial charge in [-0.15, -0.1) is 0 Å². The number of aryl methyl sites for hydroxylation is 1. The first-order chi connectivity index (χ1) is 17.6. The minimum atomic E-state index is -0.188. The first-order valence-electron chi connectivity index (χ1n) is 11.9. The zero-order chi connectivity index (χ0) is 24.9. The summed E-state index contributed by atoms with van der Waals surface area (Å²) in [7, 11) is 0. The second-order valence-corrected chi connectivity index (χ2v) is 8.49. The van der Waals surface area contributed by atoms with Gasteiger partial charge in [-0.25, -0.2) is 0 Å². The third kappa shape index (κ3) is 4.86. The van der Waals surface area contributed by atoms with E-state index in [0.717, 1.165) is 34.1 Å². The second-order valence-electron chi connectivity index (χ2n) is 8.49. The zero-order valence-electron chi connectivity index (χ0n) is 19.9. The van der Waals surface area contributed by atoms with Gasteiger partial charge >= 0.3 is 0 Å². The fraction of sp³-hybridized carbons (Fsp3) is 0.0645. The van der Waals surface area contributed by atoms with Gasteiger partial charge in [0.2, 0.25) is 0 Å². The van der Waals surface area contributed by atoms with Crippen LogP contribution in [0.25, 0.3) is 23.1 Å². The summed E-state index contributed by atoms with van der Waals surface area (Å²) in [6.07, 6.45) is 4.73. The number of nitrogens with zero attached hydrogens (tertiary/aromatic N) is 1. The summed E-state index contributed by atoms with van der Waals surface area (Å²) in [5.41, 5.74) is 5.92. The number of carbonyl (C=O) groups excluding carboxylic acids is 2. The Morgan fingerprint density at radius 3 is 2.44 bits per heavy atom. The van der Waals surface area contributed by atoms with Crippen LogP contribution in [0.1, 0.15) is 50.0 Å². The molecule has 4 aromatic carbocycles. The predicted octanol–water partition coefficient (Wildman–Crippen LogP) is 6.78. The van der Waals surface area contributed by atoms with Gasteiger partial charge in [0.15, 0.2) is 5.78 Å². The molecule has 1 heterocycles. The molecule has 5 heteroatoms. The molecular formula is C31H25N3O2. The first-order valence-corrected chi connectivity index (χ1v) is 11.9. The van der Waals surface area contributed by atoms with Crippen LogP contribution in [0.2, 0.25) is 0 Å². The molecule has 0 saturated heterocycles. The van der Waals surface area contributed by atoms with Crippen LogP contribution in [0.3, 0.4) is 0 Å². The van der Waals surface area contributed by atoms with Gasteiger partial charge in [0.25, 0.3) is 5.91 Å². The maximum absolute atomic E-state index is 13.3. The number of hydrogen-bond acceptors (Lipinski definition) is 3. The van der Waals surface area contributed by atoms with E-state index >= 15 is 0 Å². The number of benzene rings is 4. The maximum atomic E-state index is 13.3. The number of carbonyl (C=O) groups is 2. The standard InChI is InChI=1S/C31H25N3O2/c1-2-22-11-6-7-14-26(22)31(36)32-25-13-8-12-23(19-25)30(35)24-16-17-27-28(33-34-29(27)20-24)18-15-21-9-4-3-5-10-21/h3-20H,2H2,1H3,(H,32,36)(H,33,34)/b18-15+. The largest absolute Gasteiger partial charge is 0.322 e. The van der Waals surface area contributed by atoms with Crippen LogP contribution < -0.4 is 5.32 Å². The number of H-pyrrole nitrogens is 1. The van der Waals surface area contributed by atoms with E-state index in [2.05, 4.69) is 15.5 Å². The highest BCUT2D eigenvalue weighted by molar-refractivity contribution is 6.12. The molecule has 5 aromatic rings. The Bertz CT molecular complexity index is 1580. The maximum Gasteiger partial charge on any atom is 0.255 e. The van der Waals surface area contributed by atoms with Crippen LogP contribution in [0.4, 0.5) is 5.69 Å². The van der Waals surface area contributed by atoms with Gasteiger partial charge in [-0.1, -0.05) is 79.7 Å². The van der Waals surface area contributed by atoms with Gasteiger partial charge in [-0.2, -0.15) is 5.10 Å². The van der Waals surface area contributed by atoms with E-state index in [1.807, 2.05) is 91.9 Å². The number of anilines is 1. The molecule has 5 nitrogen and oxygen atoms in total. The Morgan fingerprint density at radius 1 is 0.833 bits per heavy atom. The van der Waals surface area contributed by atoms with Crippen molar-refractivity contribution in [3.63, 3.8) is 0 Å². The van der Waals surface area contributed by atoms with Crippen molar-refractivity contribution in [1.29, 1.82) is 0 Å². The van der Waals surface area contributed by atoms with Gasteiger partial charge in [-0.05, 0) is 54.0 Å². The average Bonchev–Trinajstić information content (AvgIpc) is 3.34. The Kier molecular flexibility index (Phi) is 6.54. The molecule has 0 aliphatic carbocycles. The van der Waals surface area contributed by atoms with Crippen molar-refractivity contribution in [2.24, 2.45) is 0 Å². The SMILES string of the molecule is CCc1ccccc1C(=O)Nc1cccc(C(=O)c2ccc3c(/C=C/c4ccccc4)n[nH]c3c2)c1. The summed E-state index contributed by atoms with van der Waals surface area (Å²) in [5, 5.41) is 11.3. The lowest BCUT2D eigenvalue weighted by atomic mass is 10.0. The van der Waals surface area contributed by atoms with Crippen LogP contribution in [0, 0.1) is 0 Å².